The minimum atomic E-state index is 0.598. The van der Waals surface area contributed by atoms with Crippen LogP contribution in [0.15, 0.2) is 22.8 Å². The molecule has 0 aliphatic rings. The van der Waals surface area contributed by atoms with E-state index in [9.17, 15) is 0 Å². The van der Waals surface area contributed by atoms with Gasteiger partial charge in [-0.3, -0.25) is 0 Å². The molecule has 68 valence electrons. The summed E-state index contributed by atoms with van der Waals surface area (Å²) in [6, 6.07) is 3.75. The zero-order chi connectivity index (χ0) is 9.59. The summed E-state index contributed by atoms with van der Waals surface area (Å²) in [7, 11) is 1.97. The predicted octanol–water partition coefficient (Wildman–Crippen LogP) is 3.18. The normalized spacial score (nSPS) is 11.0. The molecule has 1 heterocycles. The van der Waals surface area contributed by atoms with E-state index in [4.69, 9.17) is 17.3 Å². The van der Waals surface area contributed by atoms with Crippen molar-refractivity contribution in [3.63, 3.8) is 0 Å². The number of rotatable bonds is 0. The molecule has 0 radical (unpaired) electrons. The topological polar surface area (TPSA) is 30.9 Å². The highest BCUT2D eigenvalue weighted by Gasteiger charge is 2.06. The third-order valence-corrected chi connectivity index (χ3v) is 3.02. The number of halogens is 2. The van der Waals surface area contributed by atoms with Crippen LogP contribution in [0.1, 0.15) is 0 Å². The van der Waals surface area contributed by atoms with Gasteiger partial charge in [-0.15, -0.1) is 0 Å². The van der Waals surface area contributed by atoms with Gasteiger partial charge < -0.3 is 10.3 Å². The minimum absolute atomic E-state index is 0.598. The largest absolute Gasteiger partial charge is 0.398 e. The number of aromatic nitrogens is 1. The van der Waals surface area contributed by atoms with Crippen molar-refractivity contribution >= 4 is 44.1 Å². The van der Waals surface area contributed by atoms with Gasteiger partial charge in [0, 0.05) is 23.1 Å². The lowest BCUT2D eigenvalue weighted by Gasteiger charge is -2.00. The molecule has 0 spiro atoms. The van der Waals surface area contributed by atoms with Gasteiger partial charge in [-0.25, -0.2) is 0 Å². The van der Waals surface area contributed by atoms with Gasteiger partial charge in [-0.05, 0) is 28.1 Å². The maximum absolute atomic E-state index is 5.92. The van der Waals surface area contributed by atoms with E-state index in [0.29, 0.717) is 10.7 Å². The van der Waals surface area contributed by atoms with Crippen molar-refractivity contribution < 1.29 is 0 Å². The van der Waals surface area contributed by atoms with E-state index in [2.05, 4.69) is 15.9 Å². The van der Waals surface area contributed by atoms with E-state index in [-0.39, 0.29) is 0 Å². The zero-order valence-electron chi connectivity index (χ0n) is 7.01. The van der Waals surface area contributed by atoms with Crippen LogP contribution in [-0.4, -0.2) is 4.57 Å². The first-order valence-electron chi connectivity index (χ1n) is 3.79. The highest BCUT2D eigenvalue weighted by Crippen LogP contribution is 2.31. The molecular weight excluding hydrogens is 251 g/mol. The quantitative estimate of drug-likeness (QED) is 0.724. The van der Waals surface area contributed by atoms with Crippen molar-refractivity contribution in [1.82, 2.24) is 4.57 Å². The van der Waals surface area contributed by atoms with Gasteiger partial charge in [-0.1, -0.05) is 11.6 Å². The lowest BCUT2D eigenvalue weighted by atomic mass is 10.2. The van der Waals surface area contributed by atoms with Crippen molar-refractivity contribution in [1.29, 1.82) is 0 Å². The molecule has 0 fully saturated rings. The van der Waals surface area contributed by atoms with E-state index in [0.717, 1.165) is 15.4 Å². The predicted molar refractivity (Wildman–Crippen MR) is 60.0 cm³/mol. The molecule has 1 aromatic carbocycles. The number of nitrogen functional groups attached to an aromatic ring is 1. The molecule has 2 N–H and O–H groups in total. The average molecular weight is 260 g/mol. The van der Waals surface area contributed by atoms with Gasteiger partial charge >= 0.3 is 0 Å². The summed E-state index contributed by atoms with van der Waals surface area (Å²) < 4.78 is 3.04. The number of hydrogen-bond donors (Lipinski definition) is 1. The number of nitrogens with two attached hydrogens (primary N) is 1. The van der Waals surface area contributed by atoms with Crippen LogP contribution in [-0.2, 0) is 7.05 Å². The molecule has 0 unspecified atom stereocenters. The first kappa shape index (κ1) is 8.91. The summed E-state index contributed by atoms with van der Waals surface area (Å²) in [6.07, 6.45) is 1.99. The molecule has 0 atom stereocenters. The van der Waals surface area contributed by atoms with Crippen LogP contribution in [0.3, 0.4) is 0 Å². The molecule has 0 amide bonds. The molecule has 2 rings (SSSR count). The number of fused-ring (bicyclic) bond motifs is 1. The summed E-state index contributed by atoms with van der Waals surface area (Å²) in [5.41, 5.74) is 7.39. The maximum atomic E-state index is 5.92. The molecule has 0 saturated carbocycles. The van der Waals surface area contributed by atoms with Gasteiger partial charge in [0.15, 0.2) is 0 Å². The van der Waals surface area contributed by atoms with Crippen LogP contribution in [0, 0.1) is 0 Å². The molecule has 1 aromatic heterocycles. The van der Waals surface area contributed by atoms with Crippen LogP contribution in [0.5, 0.6) is 0 Å². The Morgan fingerprint density at radius 3 is 2.85 bits per heavy atom. The van der Waals surface area contributed by atoms with E-state index in [1.807, 2.05) is 29.9 Å². The third kappa shape index (κ3) is 1.32. The Balaban J connectivity index is 2.91. The van der Waals surface area contributed by atoms with Gasteiger partial charge in [0.1, 0.15) is 0 Å². The fourth-order valence-electron chi connectivity index (χ4n) is 1.37. The minimum Gasteiger partial charge on any atom is -0.398 e. The number of nitrogens with zero attached hydrogens (tertiary/aromatic N) is 1. The Morgan fingerprint density at radius 1 is 1.46 bits per heavy atom. The van der Waals surface area contributed by atoms with E-state index in [1.165, 1.54) is 0 Å². The lowest BCUT2D eigenvalue weighted by molar-refractivity contribution is 0.967. The van der Waals surface area contributed by atoms with Crippen molar-refractivity contribution in [3.8, 4) is 0 Å². The van der Waals surface area contributed by atoms with E-state index < -0.39 is 0 Å². The van der Waals surface area contributed by atoms with Crippen molar-refractivity contribution in [3.05, 3.63) is 27.8 Å². The van der Waals surface area contributed by atoms with Crippen LogP contribution in [0.25, 0.3) is 10.9 Å². The first-order chi connectivity index (χ1) is 6.09. The molecule has 13 heavy (non-hydrogen) atoms. The summed E-state index contributed by atoms with van der Waals surface area (Å²) >= 11 is 9.37. The second-order valence-corrected chi connectivity index (χ2v) is 4.24. The van der Waals surface area contributed by atoms with E-state index >= 15 is 0 Å². The fraction of sp³-hybridized carbons (Fsp3) is 0.111. The Hall–Kier alpha value is -0.670. The molecule has 0 aliphatic carbocycles. The Bertz CT molecular complexity index is 434. The van der Waals surface area contributed by atoms with Crippen LogP contribution < -0.4 is 5.73 Å². The molecule has 0 aliphatic heterocycles. The Labute approximate surface area is 89.4 Å². The second kappa shape index (κ2) is 2.93. The van der Waals surface area contributed by atoms with Crippen molar-refractivity contribution in [2.45, 2.75) is 0 Å². The first-order valence-corrected chi connectivity index (χ1v) is 4.96. The van der Waals surface area contributed by atoms with Gasteiger partial charge in [0.25, 0.3) is 0 Å². The van der Waals surface area contributed by atoms with Gasteiger partial charge in [-0.2, -0.15) is 0 Å². The summed E-state index contributed by atoms with van der Waals surface area (Å²) in [5.74, 6) is 0. The fourth-order valence-corrected chi connectivity index (χ4v) is 2.15. The highest BCUT2D eigenvalue weighted by molar-refractivity contribution is 9.10. The number of hydrogen-bond acceptors (Lipinski definition) is 1. The van der Waals surface area contributed by atoms with Crippen molar-refractivity contribution in [2.75, 3.05) is 5.73 Å². The SMILES string of the molecule is Cn1cc(Br)c2cc(N)c(Cl)cc21. The average Bonchev–Trinajstić information content (AvgIpc) is 2.31. The number of benzene rings is 1. The monoisotopic (exact) mass is 258 g/mol. The molecule has 4 heteroatoms. The third-order valence-electron chi connectivity index (χ3n) is 2.06. The molecule has 2 nitrogen and oxygen atoms in total. The second-order valence-electron chi connectivity index (χ2n) is 2.98. The zero-order valence-corrected chi connectivity index (χ0v) is 9.35. The van der Waals surface area contributed by atoms with Gasteiger partial charge in [0.05, 0.1) is 16.2 Å². The van der Waals surface area contributed by atoms with Gasteiger partial charge in [0.2, 0.25) is 0 Å². The highest BCUT2D eigenvalue weighted by atomic mass is 79.9. The summed E-state index contributed by atoms with van der Waals surface area (Å²) in [5, 5.41) is 1.69. The van der Waals surface area contributed by atoms with Crippen molar-refractivity contribution in [2.24, 2.45) is 7.05 Å². The molecular formula is C9H8BrClN2. The summed E-state index contributed by atoms with van der Waals surface area (Å²) in [4.78, 5) is 0. The smallest absolute Gasteiger partial charge is 0.0656 e. The Morgan fingerprint density at radius 2 is 2.15 bits per heavy atom. The molecule has 2 aromatic rings. The maximum Gasteiger partial charge on any atom is 0.0656 e. The van der Waals surface area contributed by atoms with Crippen LogP contribution in [0.4, 0.5) is 5.69 Å². The standard InChI is InChI=1S/C9H8BrClN2/c1-13-4-6(10)5-2-8(12)7(11)3-9(5)13/h2-4H,12H2,1H3. The van der Waals surface area contributed by atoms with Crippen LogP contribution in [0.2, 0.25) is 5.02 Å². The van der Waals surface area contributed by atoms with E-state index in [1.54, 1.807) is 0 Å². The number of anilines is 1. The Kier molecular flexibility index (Phi) is 2.00. The number of aryl methyl sites for hydroxylation is 1. The molecule has 0 saturated heterocycles. The molecule has 0 bridgehead atoms. The summed E-state index contributed by atoms with van der Waals surface area (Å²) in [6.45, 7) is 0. The lowest BCUT2D eigenvalue weighted by Crippen LogP contribution is -1.88. The van der Waals surface area contributed by atoms with Crippen LogP contribution >= 0.6 is 27.5 Å².